The van der Waals surface area contributed by atoms with Gasteiger partial charge in [0.05, 0.1) is 5.92 Å². The maximum Gasteiger partial charge on any atom is 0.309 e. The Bertz CT molecular complexity index is 756. The summed E-state index contributed by atoms with van der Waals surface area (Å²) in [5.74, 6) is -1.12. The summed E-state index contributed by atoms with van der Waals surface area (Å²) in [5, 5.41) is 2.80. The van der Waals surface area contributed by atoms with Gasteiger partial charge >= 0.3 is 5.97 Å². The van der Waals surface area contributed by atoms with Crippen molar-refractivity contribution in [3.63, 3.8) is 0 Å². The standard InChI is InChI=1S/C17H23N3O5S/c1-12(16(21)19-14-4-5-14)25-17(22)13-6-9-20(10-7-13)26(23,24)15-3-2-8-18-11-15/h2-3,8,11-14H,4-7,9-10H2,1H3,(H,19,21). The van der Waals surface area contributed by atoms with Crippen LogP contribution in [-0.4, -0.2) is 54.8 Å². The molecule has 2 aliphatic rings. The van der Waals surface area contributed by atoms with E-state index >= 15 is 0 Å². The fraction of sp³-hybridized carbons (Fsp3) is 0.588. The van der Waals surface area contributed by atoms with E-state index in [4.69, 9.17) is 4.74 Å². The number of rotatable bonds is 6. The first kappa shape index (κ1) is 18.8. The lowest BCUT2D eigenvalue weighted by atomic mass is 9.98. The molecule has 9 heteroatoms. The topological polar surface area (TPSA) is 106 Å². The highest BCUT2D eigenvalue weighted by molar-refractivity contribution is 7.89. The third kappa shape index (κ3) is 4.39. The number of carbonyl (C=O) groups excluding carboxylic acids is 2. The summed E-state index contributed by atoms with van der Waals surface area (Å²) >= 11 is 0. The van der Waals surface area contributed by atoms with Crippen LogP contribution >= 0.6 is 0 Å². The van der Waals surface area contributed by atoms with Crippen molar-refractivity contribution in [1.82, 2.24) is 14.6 Å². The van der Waals surface area contributed by atoms with E-state index in [1.54, 1.807) is 13.0 Å². The van der Waals surface area contributed by atoms with E-state index < -0.39 is 28.0 Å². The number of hydrogen-bond acceptors (Lipinski definition) is 6. The lowest BCUT2D eigenvalue weighted by molar-refractivity contribution is -0.159. The van der Waals surface area contributed by atoms with Gasteiger partial charge in [0, 0.05) is 31.5 Å². The van der Waals surface area contributed by atoms with Gasteiger partial charge in [-0.2, -0.15) is 4.31 Å². The van der Waals surface area contributed by atoms with Crippen LogP contribution in [0.15, 0.2) is 29.4 Å². The van der Waals surface area contributed by atoms with Crippen LogP contribution in [0, 0.1) is 5.92 Å². The highest BCUT2D eigenvalue weighted by Gasteiger charge is 2.34. The molecule has 3 rings (SSSR count). The molecule has 1 aromatic heterocycles. The van der Waals surface area contributed by atoms with Crippen LogP contribution in [0.4, 0.5) is 0 Å². The van der Waals surface area contributed by atoms with Crippen LogP contribution in [-0.2, 0) is 24.3 Å². The third-order valence-corrected chi connectivity index (χ3v) is 6.53. The van der Waals surface area contributed by atoms with Gasteiger partial charge in [-0.1, -0.05) is 0 Å². The van der Waals surface area contributed by atoms with Crippen LogP contribution in [0.2, 0.25) is 0 Å². The molecule has 8 nitrogen and oxygen atoms in total. The summed E-state index contributed by atoms with van der Waals surface area (Å²) in [6.45, 7) is 2.02. The predicted molar refractivity (Wildman–Crippen MR) is 92.4 cm³/mol. The molecule has 142 valence electrons. The summed E-state index contributed by atoms with van der Waals surface area (Å²) in [5.41, 5.74) is 0. The normalized spacial score (nSPS) is 20.3. The van der Waals surface area contributed by atoms with E-state index in [0.717, 1.165) is 12.8 Å². The highest BCUT2D eigenvalue weighted by atomic mass is 32.2. The van der Waals surface area contributed by atoms with Crippen molar-refractivity contribution in [1.29, 1.82) is 0 Å². The smallest absolute Gasteiger partial charge is 0.309 e. The molecule has 2 fully saturated rings. The number of sulfonamides is 1. The number of amides is 1. The van der Waals surface area contributed by atoms with Gasteiger partial charge in [-0.15, -0.1) is 0 Å². The third-order valence-electron chi connectivity index (χ3n) is 4.65. The Hall–Kier alpha value is -2.00. The molecule has 2 heterocycles. The Morgan fingerprint density at radius 2 is 1.96 bits per heavy atom. The molecule has 1 saturated heterocycles. The Labute approximate surface area is 153 Å². The lowest BCUT2D eigenvalue weighted by Gasteiger charge is -2.30. The summed E-state index contributed by atoms with van der Waals surface area (Å²) in [4.78, 5) is 28.1. The number of aromatic nitrogens is 1. The van der Waals surface area contributed by atoms with Gasteiger partial charge in [0.25, 0.3) is 5.91 Å². The van der Waals surface area contributed by atoms with Crippen molar-refractivity contribution in [3.8, 4) is 0 Å². The van der Waals surface area contributed by atoms with Gasteiger partial charge in [0.15, 0.2) is 6.10 Å². The molecule has 1 aliphatic heterocycles. The monoisotopic (exact) mass is 381 g/mol. The van der Waals surface area contributed by atoms with Gasteiger partial charge in [-0.05, 0) is 44.7 Å². The first-order valence-electron chi connectivity index (χ1n) is 8.79. The molecule has 0 radical (unpaired) electrons. The maximum atomic E-state index is 12.6. The molecule has 1 atom stereocenters. The molecule has 0 aromatic carbocycles. The fourth-order valence-electron chi connectivity index (χ4n) is 2.85. The zero-order valence-electron chi connectivity index (χ0n) is 14.6. The number of nitrogens with one attached hydrogen (secondary N) is 1. The predicted octanol–water partition coefficient (Wildman–Crippen LogP) is 0.693. The second-order valence-corrected chi connectivity index (χ2v) is 8.67. The van der Waals surface area contributed by atoms with E-state index in [-0.39, 0.29) is 29.9 Å². The quantitative estimate of drug-likeness (QED) is 0.727. The molecule has 1 unspecified atom stereocenters. The summed E-state index contributed by atoms with van der Waals surface area (Å²) < 4.78 is 31.7. The molecule has 0 bridgehead atoms. The fourth-order valence-corrected chi connectivity index (χ4v) is 4.29. The van der Waals surface area contributed by atoms with E-state index in [2.05, 4.69) is 10.3 Å². The first-order valence-corrected chi connectivity index (χ1v) is 10.2. The molecular formula is C17H23N3O5S. The van der Waals surface area contributed by atoms with E-state index in [1.807, 2.05) is 0 Å². The summed E-state index contributed by atoms with van der Waals surface area (Å²) in [6.07, 6.45) is 4.68. The van der Waals surface area contributed by atoms with Gasteiger partial charge in [-0.25, -0.2) is 8.42 Å². The van der Waals surface area contributed by atoms with Gasteiger partial charge in [-0.3, -0.25) is 14.6 Å². The molecule has 1 aliphatic carbocycles. The molecule has 1 N–H and O–H groups in total. The lowest BCUT2D eigenvalue weighted by Crippen LogP contribution is -2.42. The summed E-state index contributed by atoms with van der Waals surface area (Å²) in [7, 11) is -3.60. The highest BCUT2D eigenvalue weighted by Crippen LogP contribution is 2.25. The van der Waals surface area contributed by atoms with Crippen LogP contribution in [0.3, 0.4) is 0 Å². The van der Waals surface area contributed by atoms with E-state index in [9.17, 15) is 18.0 Å². The molecule has 1 amide bonds. The van der Waals surface area contributed by atoms with Gasteiger partial charge < -0.3 is 10.1 Å². The molecule has 1 saturated carbocycles. The maximum absolute atomic E-state index is 12.6. The first-order chi connectivity index (χ1) is 12.4. The SMILES string of the molecule is CC(OC(=O)C1CCN(S(=O)(=O)c2cccnc2)CC1)C(=O)NC1CC1. The van der Waals surface area contributed by atoms with Crippen molar-refractivity contribution in [2.45, 2.75) is 49.6 Å². The summed E-state index contributed by atoms with van der Waals surface area (Å²) in [6, 6.07) is 3.29. The van der Waals surface area contributed by atoms with Crippen molar-refractivity contribution in [2.75, 3.05) is 13.1 Å². The number of pyridine rings is 1. The van der Waals surface area contributed by atoms with Crippen LogP contribution in [0.1, 0.15) is 32.6 Å². The Morgan fingerprint density at radius 3 is 2.54 bits per heavy atom. The second kappa shape index (κ2) is 7.71. The Balaban J connectivity index is 1.51. The zero-order chi connectivity index (χ0) is 18.7. The molecule has 0 spiro atoms. The Morgan fingerprint density at radius 1 is 1.27 bits per heavy atom. The van der Waals surface area contributed by atoms with Crippen LogP contribution in [0.25, 0.3) is 0 Å². The average molecular weight is 381 g/mol. The number of hydrogen-bond donors (Lipinski definition) is 1. The number of carbonyl (C=O) groups is 2. The number of ether oxygens (including phenoxy) is 1. The number of esters is 1. The van der Waals surface area contributed by atoms with Gasteiger partial charge in [0.1, 0.15) is 4.90 Å². The zero-order valence-corrected chi connectivity index (χ0v) is 15.4. The van der Waals surface area contributed by atoms with Crippen molar-refractivity contribution in [3.05, 3.63) is 24.5 Å². The van der Waals surface area contributed by atoms with E-state index in [0.29, 0.717) is 12.8 Å². The molecule has 26 heavy (non-hydrogen) atoms. The minimum atomic E-state index is -3.60. The van der Waals surface area contributed by atoms with Crippen LogP contribution in [0.5, 0.6) is 0 Å². The minimum Gasteiger partial charge on any atom is -0.452 e. The van der Waals surface area contributed by atoms with Crippen molar-refractivity contribution in [2.24, 2.45) is 5.92 Å². The van der Waals surface area contributed by atoms with Crippen molar-refractivity contribution >= 4 is 21.9 Å². The number of nitrogens with zero attached hydrogens (tertiary/aromatic N) is 2. The van der Waals surface area contributed by atoms with Gasteiger partial charge in [0.2, 0.25) is 10.0 Å². The molecule has 1 aromatic rings. The average Bonchev–Trinajstić information content (AvgIpc) is 3.46. The Kier molecular flexibility index (Phi) is 5.57. The minimum absolute atomic E-state index is 0.145. The second-order valence-electron chi connectivity index (χ2n) is 6.73. The van der Waals surface area contributed by atoms with E-state index in [1.165, 1.54) is 22.8 Å². The molecular weight excluding hydrogens is 358 g/mol. The van der Waals surface area contributed by atoms with Crippen LogP contribution < -0.4 is 5.32 Å². The largest absolute Gasteiger partial charge is 0.452 e. The van der Waals surface area contributed by atoms with Crippen molar-refractivity contribution < 1.29 is 22.7 Å². The number of piperidine rings is 1.